The molecule has 0 nitrogen and oxygen atoms in total. The zero-order chi connectivity index (χ0) is 23.3. The molecule has 0 N–H and O–H groups in total. The zero-order valence-electron chi connectivity index (χ0n) is 20.8. The fourth-order valence-corrected chi connectivity index (χ4v) is 4.01. The van der Waals surface area contributed by atoms with E-state index in [0.29, 0.717) is 5.92 Å². The average Bonchev–Trinajstić information content (AvgIpc) is 3.30. The molecule has 0 aromatic heterocycles. The second-order valence-corrected chi connectivity index (χ2v) is 18.0. The summed E-state index contributed by atoms with van der Waals surface area (Å²) in [4.78, 5) is 0. The molecule has 1 aliphatic rings. The molecule has 5 rings (SSSR count). The number of allylic oxidation sites excluding steroid dienone is 4. The second-order valence-electron chi connectivity index (χ2n) is 8.66. The van der Waals surface area contributed by atoms with E-state index in [1.807, 2.05) is 0 Å². The minimum atomic E-state index is 0. The van der Waals surface area contributed by atoms with Gasteiger partial charge in [-0.05, 0) is 10.8 Å². The fraction of sp³-hybridized carbons (Fsp3) is 0.233. The first-order chi connectivity index (χ1) is 15.3. The van der Waals surface area contributed by atoms with E-state index in [9.17, 15) is 0 Å². The van der Waals surface area contributed by atoms with Crippen LogP contribution in [0.25, 0.3) is 32.7 Å². The van der Waals surface area contributed by atoms with Crippen LogP contribution in [0.15, 0.2) is 95.6 Å². The van der Waals surface area contributed by atoms with Crippen molar-refractivity contribution in [1.82, 2.24) is 0 Å². The third kappa shape index (κ3) is 7.59. The smallest absolute Gasteiger partial charge is 0.0186 e. The van der Waals surface area contributed by atoms with E-state index in [4.69, 9.17) is 0 Å². The summed E-state index contributed by atoms with van der Waals surface area (Å²) in [7, 11) is 0. The van der Waals surface area contributed by atoms with Crippen LogP contribution >= 0.6 is 0 Å². The van der Waals surface area contributed by atoms with Gasteiger partial charge in [0.25, 0.3) is 0 Å². The summed E-state index contributed by atoms with van der Waals surface area (Å²) in [5.41, 5.74) is 7.10. The van der Waals surface area contributed by atoms with Gasteiger partial charge in [0.1, 0.15) is 0 Å². The van der Waals surface area contributed by atoms with Gasteiger partial charge in [0.05, 0.1) is 0 Å². The summed E-state index contributed by atoms with van der Waals surface area (Å²) in [5, 5.41) is 5.26. The number of halogens is 2. The predicted molar refractivity (Wildman–Crippen MR) is 140 cm³/mol. The van der Waals surface area contributed by atoms with E-state index in [1.54, 1.807) is 23.3 Å². The Kier molecular flexibility index (Phi) is 12.9. The number of hydrogen-bond acceptors (Lipinski definition) is 0. The minimum Gasteiger partial charge on any atom is -1.00 e. The molecule has 4 aromatic rings. The first kappa shape index (κ1) is 30.7. The van der Waals surface area contributed by atoms with Crippen molar-refractivity contribution in [1.29, 1.82) is 0 Å². The maximum Gasteiger partial charge on any atom is -0.0186 e. The molecule has 0 fully saturated rings. The molecule has 0 radical (unpaired) electrons. The van der Waals surface area contributed by atoms with Gasteiger partial charge in [-0.1, -0.05) is 80.8 Å². The summed E-state index contributed by atoms with van der Waals surface area (Å²) in [6.07, 6.45) is 3.36. The molecule has 1 unspecified atom stereocenters. The molecule has 0 saturated carbocycles. The minimum absolute atomic E-state index is 0. The first-order valence-corrected chi connectivity index (χ1v) is 17.4. The molecule has 0 bridgehead atoms. The molecule has 0 amide bonds. The van der Waals surface area contributed by atoms with Crippen LogP contribution in [0.5, 0.6) is 0 Å². The molecule has 0 spiro atoms. The summed E-state index contributed by atoms with van der Waals surface area (Å²) in [6, 6.07) is 28.1. The number of fused-ring (bicyclic) bond motifs is 2. The summed E-state index contributed by atoms with van der Waals surface area (Å²) >= 11 is 1.74. The third-order valence-corrected chi connectivity index (χ3v) is 6.00. The van der Waals surface area contributed by atoms with Crippen molar-refractivity contribution in [3.8, 4) is 11.1 Å². The van der Waals surface area contributed by atoms with E-state index in [-0.39, 0.29) is 30.2 Å². The summed E-state index contributed by atoms with van der Waals surface area (Å²) < 4.78 is 0. The molecular formula is C30H32Cl2SiZr-2. The van der Waals surface area contributed by atoms with Crippen LogP contribution in [-0.4, -0.2) is 5.43 Å². The van der Waals surface area contributed by atoms with Gasteiger partial charge < -0.3 is 24.8 Å². The number of rotatable bonds is 1. The molecule has 176 valence electrons. The van der Waals surface area contributed by atoms with Gasteiger partial charge in [-0.3, -0.25) is 6.08 Å². The largest absolute Gasteiger partial charge is 1.00 e. The molecule has 0 aliphatic heterocycles. The number of benzene rings is 3. The Morgan fingerprint density at radius 2 is 1.35 bits per heavy atom. The van der Waals surface area contributed by atoms with Crippen molar-refractivity contribution in [2.75, 3.05) is 0 Å². The SMILES string of the molecule is CC1=[C-]C(C)C(C)=C1C.C[Si](C)=[Zr+2].[Cl-].[Cl-].c1ccc2c(-c3c[cH-]c4ccccc34)cccc2c1. The molecule has 1 aliphatic carbocycles. The van der Waals surface area contributed by atoms with Crippen molar-refractivity contribution in [2.24, 2.45) is 5.92 Å². The van der Waals surface area contributed by atoms with Gasteiger partial charge in [0, 0.05) is 0 Å². The van der Waals surface area contributed by atoms with Crippen molar-refractivity contribution < 1.29 is 48.1 Å². The predicted octanol–water partition coefficient (Wildman–Crippen LogP) is 2.89. The van der Waals surface area contributed by atoms with Gasteiger partial charge in [-0.15, -0.1) is 53.6 Å². The van der Waals surface area contributed by atoms with Crippen LogP contribution in [0, 0.1) is 12.0 Å². The zero-order valence-corrected chi connectivity index (χ0v) is 25.8. The Morgan fingerprint density at radius 3 is 1.91 bits per heavy atom. The Balaban J connectivity index is 0.000000328. The molecular weight excluding hydrogens is 551 g/mol. The van der Waals surface area contributed by atoms with E-state index in [2.05, 4.69) is 126 Å². The van der Waals surface area contributed by atoms with Crippen LogP contribution in [-0.2, 0) is 23.3 Å². The van der Waals surface area contributed by atoms with Gasteiger partial charge >= 0.3 is 41.9 Å². The van der Waals surface area contributed by atoms with Crippen LogP contribution in [0.1, 0.15) is 27.7 Å². The van der Waals surface area contributed by atoms with E-state index >= 15 is 0 Å². The monoisotopic (exact) mass is 580 g/mol. The van der Waals surface area contributed by atoms with Crippen molar-refractivity contribution in [3.05, 3.63) is 102 Å². The van der Waals surface area contributed by atoms with Gasteiger partial charge in [-0.2, -0.15) is 11.1 Å². The molecule has 4 heteroatoms. The van der Waals surface area contributed by atoms with Gasteiger partial charge in [-0.25, -0.2) is 5.57 Å². The third-order valence-electron chi connectivity index (χ3n) is 6.00. The maximum absolute atomic E-state index is 3.36. The normalized spacial score (nSPS) is 14.2. The Labute approximate surface area is 233 Å². The van der Waals surface area contributed by atoms with E-state index in [0.717, 1.165) is 0 Å². The topological polar surface area (TPSA) is 0 Å². The molecule has 34 heavy (non-hydrogen) atoms. The van der Waals surface area contributed by atoms with Crippen molar-refractivity contribution in [3.63, 3.8) is 0 Å². The standard InChI is InChI=1S/C19H13.C9H13.C2H6Si.2ClH.Zr/c1-3-9-16-14(6-1)8-5-11-18(16)19-13-12-15-7-2-4-10-17(15)19;1-6-5-7(2)9(4)8(6)3;1-3-2;;;/h1-13H;6H,1-4H3;1-2H3;2*1H;/q2*-1;;;;+2/p-2. The number of hydrogen-bond donors (Lipinski definition) is 0. The second kappa shape index (κ2) is 14.3. The first-order valence-electron chi connectivity index (χ1n) is 11.2. The quantitative estimate of drug-likeness (QED) is 0.239. The average molecular weight is 583 g/mol. The molecule has 4 aromatic carbocycles. The van der Waals surface area contributed by atoms with Crippen LogP contribution in [0.2, 0.25) is 13.1 Å². The Bertz CT molecular complexity index is 1300. The Hall–Kier alpha value is -1.31. The fourth-order valence-electron chi connectivity index (χ4n) is 4.01. The molecule has 0 heterocycles. The van der Waals surface area contributed by atoms with Gasteiger partial charge in [0.15, 0.2) is 0 Å². The summed E-state index contributed by atoms with van der Waals surface area (Å²) in [6.45, 7) is 13.3. The van der Waals surface area contributed by atoms with Gasteiger partial charge in [0.2, 0.25) is 0 Å². The van der Waals surface area contributed by atoms with Crippen molar-refractivity contribution >= 4 is 27.0 Å². The van der Waals surface area contributed by atoms with Crippen LogP contribution in [0.3, 0.4) is 0 Å². The maximum atomic E-state index is 3.36. The Morgan fingerprint density at radius 1 is 0.794 bits per heavy atom. The van der Waals surface area contributed by atoms with E-state index < -0.39 is 0 Å². The van der Waals surface area contributed by atoms with Crippen LogP contribution < -0.4 is 24.8 Å². The molecule has 0 saturated heterocycles. The van der Waals surface area contributed by atoms with E-state index in [1.165, 1.54) is 49.4 Å². The van der Waals surface area contributed by atoms with Crippen LogP contribution in [0.4, 0.5) is 0 Å². The van der Waals surface area contributed by atoms with Crippen molar-refractivity contribution in [2.45, 2.75) is 40.8 Å². The summed E-state index contributed by atoms with van der Waals surface area (Å²) in [5.74, 6) is 0.560. The molecule has 1 atom stereocenters.